The number of aryl methyl sites for hydroxylation is 1. The first kappa shape index (κ1) is 10.7. The zero-order valence-electron chi connectivity index (χ0n) is 9.40. The van der Waals surface area contributed by atoms with Crippen molar-refractivity contribution < 1.29 is 5.11 Å². The number of fused-ring (bicyclic) bond motifs is 1. The van der Waals surface area contributed by atoms with Crippen LogP contribution in [0.2, 0.25) is 0 Å². The van der Waals surface area contributed by atoms with Crippen molar-refractivity contribution in [3.63, 3.8) is 0 Å². The van der Waals surface area contributed by atoms with Crippen molar-refractivity contribution in [2.75, 3.05) is 0 Å². The first-order valence-corrected chi connectivity index (χ1v) is 5.35. The topological polar surface area (TPSA) is 54.6 Å². The predicted molar refractivity (Wildman–Crippen MR) is 61.9 cm³/mol. The predicted octanol–water partition coefficient (Wildman–Crippen LogP) is 1.66. The highest BCUT2D eigenvalue weighted by Crippen LogP contribution is 2.15. The third-order valence-corrected chi connectivity index (χ3v) is 2.63. The summed E-state index contributed by atoms with van der Waals surface area (Å²) in [4.78, 5) is 16.4. The average Bonchev–Trinajstić information content (AvgIpc) is 2.26. The van der Waals surface area contributed by atoms with E-state index in [1.807, 2.05) is 6.92 Å². The fourth-order valence-electron chi connectivity index (χ4n) is 1.83. The van der Waals surface area contributed by atoms with Crippen LogP contribution in [0, 0.1) is 6.92 Å². The molecule has 2 aromatic heterocycles. The molecule has 16 heavy (non-hydrogen) atoms. The van der Waals surface area contributed by atoms with Crippen LogP contribution >= 0.6 is 0 Å². The third kappa shape index (κ3) is 1.56. The highest BCUT2D eigenvalue weighted by atomic mass is 16.3. The third-order valence-electron chi connectivity index (χ3n) is 2.63. The van der Waals surface area contributed by atoms with Gasteiger partial charge in [-0.1, -0.05) is 13.3 Å². The highest BCUT2D eigenvalue weighted by molar-refractivity contribution is 5.53. The Balaban J connectivity index is 2.84. The maximum absolute atomic E-state index is 12.1. The van der Waals surface area contributed by atoms with Crippen LogP contribution in [0.4, 0.5) is 0 Å². The minimum Gasteiger partial charge on any atom is -0.504 e. The van der Waals surface area contributed by atoms with E-state index in [9.17, 15) is 9.90 Å². The monoisotopic (exact) mass is 218 g/mol. The molecule has 0 bridgehead atoms. The number of hydrogen-bond donors (Lipinski definition) is 1. The van der Waals surface area contributed by atoms with Gasteiger partial charge in [0.25, 0.3) is 5.56 Å². The van der Waals surface area contributed by atoms with Crippen LogP contribution in [-0.2, 0) is 6.42 Å². The summed E-state index contributed by atoms with van der Waals surface area (Å²) in [6, 6.07) is 3.16. The first-order valence-electron chi connectivity index (χ1n) is 5.35. The van der Waals surface area contributed by atoms with E-state index in [0.717, 1.165) is 18.4 Å². The number of hydrogen-bond acceptors (Lipinski definition) is 3. The lowest BCUT2D eigenvalue weighted by molar-refractivity contribution is 0.476. The van der Waals surface area contributed by atoms with E-state index in [1.54, 1.807) is 19.2 Å². The summed E-state index contributed by atoms with van der Waals surface area (Å²) in [6.07, 6.45) is 3.25. The molecule has 0 fully saturated rings. The van der Waals surface area contributed by atoms with Gasteiger partial charge in [0.15, 0.2) is 11.4 Å². The smallest absolute Gasteiger partial charge is 0.261 e. The molecule has 0 aliphatic rings. The molecule has 2 aromatic rings. The minimum atomic E-state index is -0.0831. The SMILES string of the molecule is CCCc1c(C)nc2c(O)cccn2c1=O. The lowest BCUT2D eigenvalue weighted by Gasteiger charge is -2.07. The fourth-order valence-corrected chi connectivity index (χ4v) is 1.83. The van der Waals surface area contributed by atoms with Gasteiger partial charge in [-0.25, -0.2) is 4.98 Å². The molecule has 84 valence electrons. The molecule has 2 rings (SSSR count). The zero-order valence-corrected chi connectivity index (χ0v) is 9.40. The Labute approximate surface area is 93.2 Å². The summed E-state index contributed by atoms with van der Waals surface area (Å²) in [5, 5.41) is 9.62. The lowest BCUT2D eigenvalue weighted by atomic mass is 10.1. The van der Waals surface area contributed by atoms with Crippen LogP contribution in [0.5, 0.6) is 5.75 Å². The van der Waals surface area contributed by atoms with Gasteiger partial charge in [0, 0.05) is 17.5 Å². The van der Waals surface area contributed by atoms with E-state index >= 15 is 0 Å². The Hall–Kier alpha value is -1.84. The molecule has 4 nitrogen and oxygen atoms in total. The summed E-state index contributed by atoms with van der Waals surface area (Å²) in [5.74, 6) is 0.0331. The second-order valence-electron chi connectivity index (χ2n) is 3.82. The van der Waals surface area contributed by atoms with Crippen LogP contribution < -0.4 is 5.56 Å². The quantitative estimate of drug-likeness (QED) is 0.834. The molecule has 0 unspecified atom stereocenters. The molecule has 4 heteroatoms. The van der Waals surface area contributed by atoms with Gasteiger partial charge in [-0.15, -0.1) is 0 Å². The van der Waals surface area contributed by atoms with Gasteiger partial charge in [-0.3, -0.25) is 9.20 Å². The molecule has 0 spiro atoms. The molecule has 1 N–H and O–H groups in total. The number of rotatable bonds is 2. The number of aromatic hydroxyl groups is 1. The van der Waals surface area contributed by atoms with Crippen molar-refractivity contribution >= 4 is 5.65 Å². The van der Waals surface area contributed by atoms with Crippen molar-refractivity contribution in [1.29, 1.82) is 0 Å². The molecular weight excluding hydrogens is 204 g/mol. The second-order valence-corrected chi connectivity index (χ2v) is 3.82. The minimum absolute atomic E-state index is 0.0331. The Kier molecular flexibility index (Phi) is 2.64. The van der Waals surface area contributed by atoms with Crippen LogP contribution in [0.15, 0.2) is 23.1 Å². The largest absolute Gasteiger partial charge is 0.504 e. The zero-order chi connectivity index (χ0) is 11.7. The number of aromatic nitrogens is 2. The summed E-state index contributed by atoms with van der Waals surface area (Å²) in [7, 11) is 0. The van der Waals surface area contributed by atoms with Gasteiger partial charge < -0.3 is 5.11 Å². The normalized spacial score (nSPS) is 10.9. The Bertz CT molecular complexity index is 587. The first-order chi connectivity index (χ1) is 7.65. The van der Waals surface area contributed by atoms with Crippen LogP contribution in [-0.4, -0.2) is 14.5 Å². The van der Waals surface area contributed by atoms with Crippen molar-refractivity contribution in [1.82, 2.24) is 9.38 Å². The molecule has 0 radical (unpaired) electrons. The van der Waals surface area contributed by atoms with Crippen LogP contribution in [0.1, 0.15) is 24.6 Å². The van der Waals surface area contributed by atoms with Gasteiger partial charge in [0.2, 0.25) is 0 Å². The molecule has 0 aromatic carbocycles. The van der Waals surface area contributed by atoms with E-state index in [2.05, 4.69) is 4.98 Å². The molecule has 0 aliphatic carbocycles. The molecule has 0 amide bonds. The maximum Gasteiger partial charge on any atom is 0.261 e. The average molecular weight is 218 g/mol. The van der Waals surface area contributed by atoms with E-state index in [0.29, 0.717) is 11.3 Å². The molecule has 0 saturated carbocycles. The number of pyridine rings is 1. The molecule has 0 atom stereocenters. The summed E-state index contributed by atoms with van der Waals surface area (Å²) in [5.41, 5.74) is 1.67. The Morgan fingerprint density at radius 3 is 2.94 bits per heavy atom. The van der Waals surface area contributed by atoms with E-state index in [-0.39, 0.29) is 11.3 Å². The van der Waals surface area contributed by atoms with Crippen LogP contribution in [0.25, 0.3) is 5.65 Å². The molecule has 2 heterocycles. The van der Waals surface area contributed by atoms with Crippen molar-refractivity contribution in [3.8, 4) is 5.75 Å². The van der Waals surface area contributed by atoms with E-state index < -0.39 is 0 Å². The highest BCUT2D eigenvalue weighted by Gasteiger charge is 2.10. The molecular formula is C12H14N2O2. The summed E-state index contributed by atoms with van der Waals surface area (Å²) in [6.45, 7) is 3.83. The van der Waals surface area contributed by atoms with Gasteiger partial charge in [0.1, 0.15) is 0 Å². The van der Waals surface area contributed by atoms with Crippen molar-refractivity contribution in [3.05, 3.63) is 39.9 Å². The molecule has 0 aliphatic heterocycles. The van der Waals surface area contributed by atoms with Gasteiger partial charge >= 0.3 is 0 Å². The van der Waals surface area contributed by atoms with Crippen molar-refractivity contribution in [2.45, 2.75) is 26.7 Å². The second kappa shape index (κ2) is 3.96. The van der Waals surface area contributed by atoms with Gasteiger partial charge in [0.05, 0.1) is 0 Å². The Morgan fingerprint density at radius 2 is 2.25 bits per heavy atom. The maximum atomic E-state index is 12.1. The van der Waals surface area contributed by atoms with E-state index in [4.69, 9.17) is 0 Å². The van der Waals surface area contributed by atoms with Crippen LogP contribution in [0.3, 0.4) is 0 Å². The van der Waals surface area contributed by atoms with Gasteiger partial charge in [-0.2, -0.15) is 0 Å². The summed E-state index contributed by atoms with van der Waals surface area (Å²) < 4.78 is 1.40. The summed E-state index contributed by atoms with van der Waals surface area (Å²) >= 11 is 0. The lowest BCUT2D eigenvalue weighted by Crippen LogP contribution is -2.21. The van der Waals surface area contributed by atoms with E-state index in [1.165, 1.54) is 10.5 Å². The van der Waals surface area contributed by atoms with Gasteiger partial charge in [-0.05, 0) is 25.5 Å². The Morgan fingerprint density at radius 1 is 1.50 bits per heavy atom. The standard InChI is InChI=1S/C12H14N2O2/c1-3-5-9-8(2)13-11-10(15)6-4-7-14(11)12(9)16/h4,6-7,15H,3,5H2,1-2H3. The van der Waals surface area contributed by atoms with Crippen molar-refractivity contribution in [2.24, 2.45) is 0 Å². The molecule has 0 saturated heterocycles. The number of nitrogens with zero attached hydrogens (tertiary/aromatic N) is 2. The fraction of sp³-hybridized carbons (Fsp3) is 0.333.